The summed E-state index contributed by atoms with van der Waals surface area (Å²) in [6, 6.07) is 0.307. The lowest BCUT2D eigenvalue weighted by Gasteiger charge is -2.14. The normalized spacial score (nSPS) is 12.9. The molecule has 0 aliphatic carbocycles. The molecule has 15 heavy (non-hydrogen) atoms. The number of methoxy groups -OCH3 is 1. The maximum Gasteiger partial charge on any atom is 0.0828 e. The number of hydrogen-bond acceptors (Lipinski definition) is 3. The number of ether oxygens (including phenoxy) is 1. The maximum absolute atomic E-state index is 5.10. The van der Waals surface area contributed by atoms with Gasteiger partial charge in [-0.1, -0.05) is 0 Å². The summed E-state index contributed by atoms with van der Waals surface area (Å²) in [7, 11) is 1.72. The second-order valence-electron chi connectivity index (χ2n) is 3.86. The highest BCUT2D eigenvalue weighted by Crippen LogP contribution is 2.20. The van der Waals surface area contributed by atoms with Gasteiger partial charge in [0.1, 0.15) is 0 Å². The Kier molecular flexibility index (Phi) is 4.15. The first-order chi connectivity index (χ1) is 7.10. The molecule has 1 aromatic rings. The molecule has 1 atom stereocenters. The summed E-state index contributed by atoms with van der Waals surface area (Å²) in [6.45, 7) is 9.93. The molecule has 1 N–H and O–H groups in total. The third-order valence-corrected chi connectivity index (χ3v) is 2.49. The third kappa shape index (κ3) is 2.72. The van der Waals surface area contributed by atoms with E-state index in [-0.39, 0.29) is 0 Å². The van der Waals surface area contributed by atoms with Crippen molar-refractivity contribution < 1.29 is 4.74 Å². The van der Waals surface area contributed by atoms with Crippen LogP contribution in [0.2, 0.25) is 0 Å². The van der Waals surface area contributed by atoms with Gasteiger partial charge in [0.05, 0.1) is 23.7 Å². The first-order valence-corrected chi connectivity index (χ1v) is 5.39. The van der Waals surface area contributed by atoms with Gasteiger partial charge < -0.3 is 10.1 Å². The van der Waals surface area contributed by atoms with Crippen LogP contribution in [0.25, 0.3) is 0 Å². The van der Waals surface area contributed by atoms with Gasteiger partial charge in [-0.25, -0.2) is 0 Å². The average Bonchev–Trinajstić information content (AvgIpc) is 2.45. The second kappa shape index (κ2) is 5.16. The lowest BCUT2D eigenvalue weighted by atomic mass is 10.2. The van der Waals surface area contributed by atoms with E-state index in [9.17, 15) is 0 Å². The van der Waals surface area contributed by atoms with Crippen LogP contribution in [0.15, 0.2) is 0 Å². The zero-order chi connectivity index (χ0) is 11.4. The summed E-state index contributed by atoms with van der Waals surface area (Å²) in [5.41, 5.74) is 3.39. The first-order valence-electron chi connectivity index (χ1n) is 5.39. The van der Waals surface area contributed by atoms with Crippen LogP contribution in [0.4, 0.5) is 5.69 Å². The van der Waals surface area contributed by atoms with Crippen LogP contribution < -0.4 is 5.32 Å². The Balaban J connectivity index is 2.80. The number of aryl methyl sites for hydroxylation is 2. The minimum atomic E-state index is 0.307. The number of nitrogens with zero attached hydrogens (tertiary/aromatic N) is 2. The predicted molar refractivity (Wildman–Crippen MR) is 62.3 cm³/mol. The van der Waals surface area contributed by atoms with E-state index in [4.69, 9.17) is 4.74 Å². The van der Waals surface area contributed by atoms with E-state index < -0.39 is 0 Å². The monoisotopic (exact) mass is 211 g/mol. The first kappa shape index (κ1) is 12.0. The fourth-order valence-electron chi connectivity index (χ4n) is 1.75. The van der Waals surface area contributed by atoms with Gasteiger partial charge in [-0.15, -0.1) is 0 Å². The summed E-state index contributed by atoms with van der Waals surface area (Å²) >= 11 is 0. The molecule has 0 spiro atoms. The number of anilines is 1. The van der Waals surface area contributed by atoms with Crippen LogP contribution in [-0.2, 0) is 11.3 Å². The summed E-state index contributed by atoms with van der Waals surface area (Å²) < 4.78 is 7.11. The smallest absolute Gasteiger partial charge is 0.0828 e. The van der Waals surface area contributed by atoms with E-state index in [1.807, 2.05) is 11.6 Å². The van der Waals surface area contributed by atoms with Crippen molar-refractivity contribution in [3.63, 3.8) is 0 Å². The Bertz CT molecular complexity index is 320. The highest BCUT2D eigenvalue weighted by molar-refractivity contribution is 5.52. The molecular formula is C11H21N3O. The highest BCUT2D eigenvalue weighted by Gasteiger charge is 2.12. The lowest BCUT2D eigenvalue weighted by molar-refractivity contribution is 0.190. The van der Waals surface area contributed by atoms with Crippen molar-refractivity contribution in [2.75, 3.05) is 19.0 Å². The Morgan fingerprint density at radius 2 is 2.13 bits per heavy atom. The maximum atomic E-state index is 5.10. The topological polar surface area (TPSA) is 39.1 Å². The molecule has 0 saturated heterocycles. The van der Waals surface area contributed by atoms with E-state index in [1.54, 1.807) is 7.11 Å². The molecule has 0 aliphatic rings. The van der Waals surface area contributed by atoms with Crippen molar-refractivity contribution in [3.8, 4) is 0 Å². The van der Waals surface area contributed by atoms with Crippen LogP contribution in [0.5, 0.6) is 0 Å². The minimum Gasteiger partial charge on any atom is -0.383 e. The van der Waals surface area contributed by atoms with Gasteiger partial charge in [-0.05, 0) is 27.7 Å². The zero-order valence-electron chi connectivity index (χ0n) is 10.3. The summed E-state index contributed by atoms with van der Waals surface area (Å²) in [6.07, 6.45) is 0. The fraction of sp³-hybridized carbons (Fsp3) is 0.727. The number of hydrogen-bond donors (Lipinski definition) is 1. The number of nitrogens with one attached hydrogen (secondary N) is 1. The molecule has 4 nitrogen and oxygen atoms in total. The Morgan fingerprint density at radius 3 is 2.60 bits per heavy atom. The van der Waals surface area contributed by atoms with Crippen LogP contribution in [0.3, 0.4) is 0 Å². The minimum absolute atomic E-state index is 0.307. The third-order valence-electron chi connectivity index (χ3n) is 2.49. The van der Waals surface area contributed by atoms with Crippen LogP contribution in [-0.4, -0.2) is 29.5 Å². The van der Waals surface area contributed by atoms with Crippen molar-refractivity contribution in [3.05, 3.63) is 11.4 Å². The van der Waals surface area contributed by atoms with Gasteiger partial charge in [0.25, 0.3) is 0 Å². The molecule has 0 saturated carbocycles. The Morgan fingerprint density at radius 1 is 1.47 bits per heavy atom. The fourth-order valence-corrected chi connectivity index (χ4v) is 1.75. The lowest BCUT2D eigenvalue weighted by Crippen LogP contribution is -2.21. The van der Waals surface area contributed by atoms with E-state index in [0.717, 1.165) is 17.9 Å². The summed E-state index contributed by atoms with van der Waals surface area (Å²) in [4.78, 5) is 0. The van der Waals surface area contributed by atoms with Gasteiger partial charge in [-0.2, -0.15) is 5.10 Å². The molecule has 1 aromatic heterocycles. The second-order valence-corrected chi connectivity index (χ2v) is 3.86. The highest BCUT2D eigenvalue weighted by atomic mass is 16.5. The molecule has 1 unspecified atom stereocenters. The van der Waals surface area contributed by atoms with Gasteiger partial charge in [0, 0.05) is 19.7 Å². The number of aromatic nitrogens is 2. The molecule has 0 radical (unpaired) electrons. The largest absolute Gasteiger partial charge is 0.383 e. The van der Waals surface area contributed by atoms with Crippen molar-refractivity contribution in [2.45, 2.75) is 40.3 Å². The van der Waals surface area contributed by atoms with Gasteiger partial charge >= 0.3 is 0 Å². The Hall–Kier alpha value is -1.03. The molecule has 0 aliphatic heterocycles. The Labute approximate surface area is 91.6 Å². The van der Waals surface area contributed by atoms with Crippen molar-refractivity contribution in [1.82, 2.24) is 9.78 Å². The molecule has 1 heterocycles. The van der Waals surface area contributed by atoms with E-state index in [1.165, 1.54) is 5.69 Å². The predicted octanol–water partition coefficient (Wildman–Crippen LogP) is 1.97. The van der Waals surface area contributed by atoms with E-state index >= 15 is 0 Å². The van der Waals surface area contributed by atoms with Crippen molar-refractivity contribution in [1.29, 1.82) is 0 Å². The molecule has 0 bridgehead atoms. The number of rotatable bonds is 5. The quantitative estimate of drug-likeness (QED) is 0.809. The molecule has 0 fully saturated rings. The molecule has 0 amide bonds. The molecule has 86 valence electrons. The van der Waals surface area contributed by atoms with Crippen LogP contribution >= 0.6 is 0 Å². The molecular weight excluding hydrogens is 190 g/mol. The standard InChI is InChI=1S/C11H21N3O/c1-6-14-10(4)11(9(3)13-14)12-8(2)7-15-5/h8,12H,6-7H2,1-5H3. The molecule has 0 aromatic carbocycles. The molecule has 1 rings (SSSR count). The zero-order valence-corrected chi connectivity index (χ0v) is 10.3. The van der Waals surface area contributed by atoms with Gasteiger partial charge in [0.2, 0.25) is 0 Å². The van der Waals surface area contributed by atoms with E-state index in [2.05, 4.69) is 31.2 Å². The van der Waals surface area contributed by atoms with Crippen molar-refractivity contribution in [2.24, 2.45) is 0 Å². The SMILES string of the molecule is CCn1nc(C)c(NC(C)COC)c1C. The molecule has 4 heteroatoms. The van der Waals surface area contributed by atoms with Gasteiger partial charge in [0.15, 0.2) is 0 Å². The summed E-state index contributed by atoms with van der Waals surface area (Å²) in [5.74, 6) is 0. The summed E-state index contributed by atoms with van der Waals surface area (Å²) in [5, 5.41) is 7.88. The van der Waals surface area contributed by atoms with Crippen molar-refractivity contribution >= 4 is 5.69 Å². The van der Waals surface area contributed by atoms with Gasteiger partial charge in [-0.3, -0.25) is 4.68 Å². The average molecular weight is 211 g/mol. The van der Waals surface area contributed by atoms with Crippen LogP contribution in [0.1, 0.15) is 25.2 Å². The van der Waals surface area contributed by atoms with Crippen LogP contribution in [0, 0.1) is 13.8 Å². The van der Waals surface area contributed by atoms with E-state index in [0.29, 0.717) is 12.6 Å².